The number of hydrogen-bond donors (Lipinski definition) is 1. The van der Waals surface area contributed by atoms with Crippen LogP contribution in [0.5, 0.6) is 0 Å². The van der Waals surface area contributed by atoms with E-state index in [9.17, 15) is 14.9 Å². The Bertz CT molecular complexity index is 564. The van der Waals surface area contributed by atoms with E-state index in [0.29, 0.717) is 5.01 Å². The van der Waals surface area contributed by atoms with Crippen molar-refractivity contribution in [3.63, 3.8) is 0 Å². The summed E-state index contributed by atoms with van der Waals surface area (Å²) in [5, 5.41) is 14.1. The number of ketones is 1. The van der Waals surface area contributed by atoms with Crippen LogP contribution in [0.25, 0.3) is 0 Å². The van der Waals surface area contributed by atoms with Crippen LogP contribution in [0.3, 0.4) is 0 Å². The summed E-state index contributed by atoms with van der Waals surface area (Å²) in [6.45, 7) is 9.17. The predicted octanol–water partition coefficient (Wildman–Crippen LogP) is 2.61. The molecule has 0 saturated carbocycles. The summed E-state index contributed by atoms with van der Waals surface area (Å²) in [7, 11) is 0. The van der Waals surface area contributed by atoms with Crippen molar-refractivity contribution in [2.75, 3.05) is 6.54 Å². The largest absolute Gasteiger partial charge is 0.349 e. The summed E-state index contributed by atoms with van der Waals surface area (Å²) < 4.78 is 0. The molecule has 6 heteroatoms. The van der Waals surface area contributed by atoms with Gasteiger partial charge in [-0.2, -0.15) is 5.26 Å². The van der Waals surface area contributed by atoms with E-state index < -0.39 is 11.3 Å². The molecule has 0 spiro atoms. The van der Waals surface area contributed by atoms with Crippen LogP contribution in [0.4, 0.5) is 0 Å². The fraction of sp³-hybridized carbons (Fsp3) is 0.600. The molecule has 0 radical (unpaired) electrons. The number of hydrogen-bond acceptors (Lipinski definition) is 5. The monoisotopic (exact) mass is 307 g/mol. The van der Waals surface area contributed by atoms with Crippen molar-refractivity contribution in [2.24, 2.45) is 5.41 Å². The molecular formula is C15H21N3O2S. The Labute approximate surface area is 129 Å². The molecule has 0 saturated heterocycles. The zero-order chi connectivity index (χ0) is 16.2. The minimum atomic E-state index is -0.914. The highest BCUT2D eigenvalue weighted by Gasteiger charge is 2.26. The first-order chi connectivity index (χ1) is 9.66. The molecule has 5 nitrogen and oxygen atoms in total. The normalized spacial score (nSPS) is 12.8. The van der Waals surface area contributed by atoms with Crippen LogP contribution in [-0.4, -0.2) is 23.2 Å². The lowest BCUT2D eigenvalue weighted by molar-refractivity contribution is -0.130. The van der Waals surface area contributed by atoms with Gasteiger partial charge in [-0.15, -0.1) is 11.3 Å². The van der Waals surface area contributed by atoms with E-state index in [-0.39, 0.29) is 24.2 Å². The number of carbonyl (C=O) groups excluding carboxylic acids is 2. The molecule has 0 bridgehead atoms. The summed E-state index contributed by atoms with van der Waals surface area (Å²) in [6.07, 6.45) is 0. The third kappa shape index (κ3) is 4.64. The molecule has 1 rings (SSSR count). The summed E-state index contributed by atoms with van der Waals surface area (Å²) in [5.41, 5.74) is 0.316. The van der Waals surface area contributed by atoms with Gasteiger partial charge in [-0.25, -0.2) is 4.98 Å². The van der Waals surface area contributed by atoms with Crippen LogP contribution < -0.4 is 5.32 Å². The zero-order valence-electron chi connectivity index (χ0n) is 13.1. The molecule has 1 atom stereocenters. The van der Waals surface area contributed by atoms with Crippen molar-refractivity contribution >= 4 is 23.0 Å². The van der Waals surface area contributed by atoms with Gasteiger partial charge < -0.3 is 5.32 Å². The first kappa shape index (κ1) is 17.3. The number of nitrogens with one attached hydrogen (secondary N) is 1. The number of carbonyl (C=O) groups is 2. The average Bonchev–Trinajstić information content (AvgIpc) is 2.85. The maximum absolute atomic E-state index is 12.1. The molecule has 1 aromatic rings. The second-order valence-electron chi connectivity index (χ2n) is 6.23. The van der Waals surface area contributed by atoms with Crippen LogP contribution >= 0.6 is 11.3 Å². The lowest BCUT2D eigenvalue weighted by Gasteiger charge is -2.17. The van der Waals surface area contributed by atoms with Gasteiger partial charge in [0, 0.05) is 10.8 Å². The molecule has 1 heterocycles. The van der Waals surface area contributed by atoms with Crippen LogP contribution in [0.15, 0.2) is 5.38 Å². The molecule has 114 valence electrons. The lowest BCUT2D eigenvalue weighted by Crippen LogP contribution is -2.39. The highest BCUT2D eigenvalue weighted by atomic mass is 32.1. The van der Waals surface area contributed by atoms with E-state index in [4.69, 9.17) is 0 Å². The third-order valence-electron chi connectivity index (χ3n) is 2.93. The van der Waals surface area contributed by atoms with E-state index in [2.05, 4.69) is 10.3 Å². The molecule has 0 aliphatic carbocycles. The van der Waals surface area contributed by atoms with Gasteiger partial charge >= 0.3 is 0 Å². The van der Waals surface area contributed by atoms with E-state index in [1.165, 1.54) is 11.3 Å². The maximum Gasteiger partial charge on any atom is 0.225 e. The molecule has 0 aliphatic heterocycles. The van der Waals surface area contributed by atoms with Crippen LogP contribution in [0.1, 0.15) is 57.2 Å². The Morgan fingerprint density at radius 3 is 2.48 bits per heavy atom. The minimum absolute atomic E-state index is 0.148. The van der Waals surface area contributed by atoms with Crippen molar-refractivity contribution in [3.8, 4) is 6.07 Å². The van der Waals surface area contributed by atoms with Crippen molar-refractivity contribution in [1.29, 1.82) is 5.26 Å². The highest BCUT2D eigenvalue weighted by Crippen LogP contribution is 2.24. The number of thiazole rings is 1. The summed E-state index contributed by atoms with van der Waals surface area (Å²) in [4.78, 5) is 28.2. The zero-order valence-corrected chi connectivity index (χ0v) is 13.9. The smallest absolute Gasteiger partial charge is 0.225 e. The van der Waals surface area contributed by atoms with Gasteiger partial charge in [0.25, 0.3) is 0 Å². The molecule has 0 fully saturated rings. The number of nitriles is 1. The average molecular weight is 307 g/mol. The third-order valence-corrected chi connectivity index (χ3v) is 3.86. The van der Waals surface area contributed by atoms with Gasteiger partial charge in [0.1, 0.15) is 5.01 Å². The van der Waals surface area contributed by atoms with Crippen molar-refractivity contribution in [1.82, 2.24) is 10.3 Å². The van der Waals surface area contributed by atoms with Crippen LogP contribution in [0, 0.1) is 16.7 Å². The first-order valence-corrected chi connectivity index (χ1v) is 7.70. The van der Waals surface area contributed by atoms with E-state index in [1.54, 1.807) is 20.8 Å². The van der Waals surface area contributed by atoms with E-state index >= 15 is 0 Å². The van der Waals surface area contributed by atoms with E-state index in [1.807, 2.05) is 25.3 Å². The number of rotatable bonds is 5. The Morgan fingerprint density at radius 2 is 2.05 bits per heavy atom. The van der Waals surface area contributed by atoms with Crippen molar-refractivity contribution in [3.05, 3.63) is 16.1 Å². The number of nitrogens with zero attached hydrogens (tertiary/aromatic N) is 2. The Hall–Kier alpha value is -1.74. The minimum Gasteiger partial charge on any atom is -0.349 e. The molecule has 21 heavy (non-hydrogen) atoms. The molecule has 1 aromatic heterocycles. The van der Waals surface area contributed by atoms with Gasteiger partial charge in [0.2, 0.25) is 5.91 Å². The van der Waals surface area contributed by atoms with Gasteiger partial charge in [-0.3, -0.25) is 9.59 Å². The Morgan fingerprint density at radius 1 is 1.43 bits per heavy atom. The predicted molar refractivity (Wildman–Crippen MR) is 82.0 cm³/mol. The van der Waals surface area contributed by atoms with Crippen molar-refractivity contribution in [2.45, 2.75) is 46.5 Å². The molecule has 1 amide bonds. The SMILES string of the molecule is CC(C)c1csc([C@@H](C#N)C(=O)CNC(=O)C(C)(C)C)n1. The van der Waals surface area contributed by atoms with Gasteiger partial charge in [-0.05, 0) is 5.92 Å². The second-order valence-corrected chi connectivity index (χ2v) is 7.12. The Kier molecular flexibility index (Phi) is 5.62. The topological polar surface area (TPSA) is 82.9 Å². The van der Waals surface area contributed by atoms with Crippen LogP contribution in [0.2, 0.25) is 0 Å². The number of aromatic nitrogens is 1. The van der Waals surface area contributed by atoms with E-state index in [0.717, 1.165) is 5.69 Å². The first-order valence-electron chi connectivity index (χ1n) is 6.82. The summed E-state index contributed by atoms with van der Waals surface area (Å²) in [6, 6.07) is 1.98. The van der Waals surface area contributed by atoms with Crippen molar-refractivity contribution < 1.29 is 9.59 Å². The Balaban J connectivity index is 2.74. The molecule has 1 N–H and O–H groups in total. The fourth-order valence-corrected chi connectivity index (χ4v) is 2.54. The number of amides is 1. The summed E-state index contributed by atoms with van der Waals surface area (Å²) >= 11 is 1.31. The summed E-state index contributed by atoms with van der Waals surface area (Å²) in [5.74, 6) is -1.21. The fourth-order valence-electron chi connectivity index (χ4n) is 1.50. The second kappa shape index (κ2) is 6.81. The van der Waals surface area contributed by atoms with Gasteiger partial charge in [0.15, 0.2) is 11.7 Å². The lowest BCUT2D eigenvalue weighted by atomic mass is 9.95. The molecule has 0 aliphatic rings. The maximum atomic E-state index is 12.1. The van der Waals surface area contributed by atoms with Gasteiger partial charge in [-0.1, -0.05) is 34.6 Å². The quantitative estimate of drug-likeness (QED) is 0.906. The van der Waals surface area contributed by atoms with Crippen LogP contribution in [-0.2, 0) is 9.59 Å². The standard InChI is InChI=1S/C15H21N3O2S/c1-9(2)11-8-21-13(18-11)10(6-16)12(19)7-17-14(20)15(3,4)5/h8-10H,7H2,1-5H3,(H,17,20)/t10-/m0/s1. The van der Waals surface area contributed by atoms with Gasteiger partial charge in [0.05, 0.1) is 18.3 Å². The molecular weight excluding hydrogens is 286 g/mol. The highest BCUT2D eigenvalue weighted by molar-refractivity contribution is 7.10. The molecule has 0 unspecified atom stereocenters. The number of Topliss-reactive ketones (excluding diaryl/α,β-unsaturated/α-hetero) is 1. The molecule has 0 aromatic carbocycles.